The van der Waals surface area contributed by atoms with E-state index in [2.05, 4.69) is 48.8 Å². The molecule has 0 aliphatic carbocycles. The Balaban J connectivity index is 2.40. The van der Waals surface area contributed by atoms with Crippen molar-refractivity contribution in [2.24, 2.45) is 0 Å². The maximum Gasteiger partial charge on any atom is 0.130 e. The van der Waals surface area contributed by atoms with Crippen LogP contribution in [0.25, 0.3) is 0 Å². The van der Waals surface area contributed by atoms with Gasteiger partial charge in [0.25, 0.3) is 0 Å². The van der Waals surface area contributed by atoms with E-state index in [9.17, 15) is 0 Å². The highest BCUT2D eigenvalue weighted by Crippen LogP contribution is 2.22. The Hall–Kier alpha value is -1.20. The zero-order valence-corrected chi connectivity index (χ0v) is 11.5. The number of pyridine rings is 1. The Bertz CT molecular complexity index is 495. The number of nitrogens with one attached hydrogen (secondary N) is 1. The van der Waals surface area contributed by atoms with Crippen LogP contribution < -0.4 is 5.32 Å². The first-order valence-corrected chi connectivity index (χ1v) is 6.34. The SMILES string of the molecule is CCn1ccnc1C(NC)c1cncc(Br)c1. The molecule has 2 heterocycles. The van der Waals surface area contributed by atoms with Gasteiger partial charge in [-0.25, -0.2) is 4.98 Å². The predicted molar refractivity (Wildman–Crippen MR) is 70.7 cm³/mol. The number of nitrogens with zero attached hydrogens (tertiary/aromatic N) is 3. The summed E-state index contributed by atoms with van der Waals surface area (Å²) in [5.74, 6) is 1.01. The Morgan fingerprint density at radius 1 is 1.47 bits per heavy atom. The molecule has 90 valence electrons. The Morgan fingerprint density at radius 3 is 2.94 bits per heavy atom. The molecule has 2 rings (SSSR count). The fraction of sp³-hybridized carbons (Fsp3) is 0.333. The minimum atomic E-state index is 0.0648. The first-order valence-electron chi connectivity index (χ1n) is 5.55. The highest BCUT2D eigenvalue weighted by atomic mass is 79.9. The van der Waals surface area contributed by atoms with Gasteiger partial charge in [0.05, 0.1) is 6.04 Å². The van der Waals surface area contributed by atoms with E-state index >= 15 is 0 Å². The Morgan fingerprint density at radius 2 is 2.29 bits per heavy atom. The molecule has 0 aliphatic rings. The van der Waals surface area contributed by atoms with Crippen molar-refractivity contribution in [1.82, 2.24) is 19.9 Å². The molecule has 1 N–H and O–H groups in total. The molecule has 0 spiro atoms. The van der Waals surface area contributed by atoms with Gasteiger partial charge in [0.2, 0.25) is 0 Å². The van der Waals surface area contributed by atoms with E-state index in [4.69, 9.17) is 0 Å². The second-order valence-electron chi connectivity index (χ2n) is 3.73. The van der Waals surface area contributed by atoms with Crippen LogP contribution in [-0.2, 0) is 6.54 Å². The Kier molecular flexibility index (Phi) is 3.91. The maximum absolute atomic E-state index is 4.42. The van der Waals surface area contributed by atoms with E-state index in [0.29, 0.717) is 0 Å². The molecule has 0 amide bonds. The number of aromatic nitrogens is 3. The summed E-state index contributed by atoms with van der Waals surface area (Å²) in [5, 5.41) is 3.28. The van der Waals surface area contributed by atoms with Crippen LogP contribution in [0.4, 0.5) is 0 Å². The van der Waals surface area contributed by atoms with Crippen LogP contribution in [0.2, 0.25) is 0 Å². The average molecular weight is 295 g/mol. The van der Waals surface area contributed by atoms with Crippen molar-refractivity contribution in [2.45, 2.75) is 19.5 Å². The number of imidazole rings is 1. The van der Waals surface area contributed by atoms with Crippen LogP contribution in [0.3, 0.4) is 0 Å². The van der Waals surface area contributed by atoms with Crippen LogP contribution in [0.15, 0.2) is 35.3 Å². The van der Waals surface area contributed by atoms with E-state index in [1.54, 1.807) is 6.20 Å². The molecular formula is C12H15BrN4. The summed E-state index contributed by atoms with van der Waals surface area (Å²) in [5.41, 5.74) is 1.10. The van der Waals surface area contributed by atoms with Gasteiger partial charge in [-0.05, 0) is 41.5 Å². The third-order valence-electron chi connectivity index (χ3n) is 2.69. The highest BCUT2D eigenvalue weighted by Gasteiger charge is 2.17. The summed E-state index contributed by atoms with van der Waals surface area (Å²) >= 11 is 3.44. The fourth-order valence-electron chi connectivity index (χ4n) is 1.88. The first kappa shape index (κ1) is 12.3. The summed E-state index contributed by atoms with van der Waals surface area (Å²) in [7, 11) is 1.93. The molecule has 2 aromatic rings. The van der Waals surface area contributed by atoms with Crippen molar-refractivity contribution in [1.29, 1.82) is 0 Å². The lowest BCUT2D eigenvalue weighted by atomic mass is 10.1. The molecule has 0 saturated heterocycles. The number of hydrogen-bond donors (Lipinski definition) is 1. The third-order valence-corrected chi connectivity index (χ3v) is 3.13. The van der Waals surface area contributed by atoms with Crippen LogP contribution >= 0.6 is 15.9 Å². The summed E-state index contributed by atoms with van der Waals surface area (Å²) in [4.78, 5) is 8.62. The van der Waals surface area contributed by atoms with E-state index < -0.39 is 0 Å². The minimum absolute atomic E-state index is 0.0648. The zero-order valence-electron chi connectivity index (χ0n) is 9.89. The lowest BCUT2D eigenvalue weighted by Gasteiger charge is -2.17. The second-order valence-corrected chi connectivity index (χ2v) is 4.65. The number of rotatable bonds is 4. The molecule has 1 atom stereocenters. The molecule has 0 aromatic carbocycles. The van der Waals surface area contributed by atoms with Crippen molar-refractivity contribution in [3.8, 4) is 0 Å². The smallest absolute Gasteiger partial charge is 0.130 e. The largest absolute Gasteiger partial charge is 0.334 e. The highest BCUT2D eigenvalue weighted by molar-refractivity contribution is 9.10. The molecule has 2 aromatic heterocycles. The molecule has 0 aliphatic heterocycles. The number of halogens is 1. The Labute approximate surface area is 109 Å². The van der Waals surface area contributed by atoms with Crippen LogP contribution in [0, 0.1) is 0 Å². The van der Waals surface area contributed by atoms with Gasteiger partial charge in [0, 0.05) is 35.8 Å². The maximum atomic E-state index is 4.42. The summed E-state index contributed by atoms with van der Waals surface area (Å²) in [6.45, 7) is 3.02. The fourth-order valence-corrected chi connectivity index (χ4v) is 2.26. The standard InChI is InChI=1S/C12H15BrN4/c1-3-17-5-4-16-12(17)11(14-2)9-6-10(13)8-15-7-9/h4-8,11,14H,3H2,1-2H3. The average Bonchev–Trinajstić information content (AvgIpc) is 2.78. The van der Waals surface area contributed by atoms with Crippen LogP contribution in [0.1, 0.15) is 24.4 Å². The monoisotopic (exact) mass is 294 g/mol. The molecule has 17 heavy (non-hydrogen) atoms. The van der Waals surface area contributed by atoms with Crippen molar-refractivity contribution in [2.75, 3.05) is 7.05 Å². The van der Waals surface area contributed by atoms with Gasteiger partial charge in [-0.1, -0.05) is 0 Å². The number of aryl methyl sites for hydroxylation is 1. The van der Waals surface area contributed by atoms with Crippen molar-refractivity contribution < 1.29 is 0 Å². The number of hydrogen-bond acceptors (Lipinski definition) is 3. The van der Waals surface area contributed by atoms with Gasteiger partial charge >= 0.3 is 0 Å². The second kappa shape index (κ2) is 5.42. The summed E-state index contributed by atoms with van der Waals surface area (Å²) in [6, 6.07) is 2.12. The lowest BCUT2D eigenvalue weighted by molar-refractivity contribution is 0.588. The molecule has 5 heteroatoms. The lowest BCUT2D eigenvalue weighted by Crippen LogP contribution is -2.22. The minimum Gasteiger partial charge on any atom is -0.334 e. The summed E-state index contributed by atoms with van der Waals surface area (Å²) in [6.07, 6.45) is 7.46. The van der Waals surface area contributed by atoms with Gasteiger partial charge in [0.1, 0.15) is 5.82 Å². The zero-order chi connectivity index (χ0) is 12.3. The molecular weight excluding hydrogens is 280 g/mol. The van der Waals surface area contributed by atoms with Crippen molar-refractivity contribution >= 4 is 15.9 Å². The molecule has 1 unspecified atom stereocenters. The normalized spacial score (nSPS) is 12.6. The van der Waals surface area contributed by atoms with E-state index in [1.165, 1.54) is 0 Å². The van der Waals surface area contributed by atoms with Gasteiger partial charge in [0.15, 0.2) is 0 Å². The quantitative estimate of drug-likeness (QED) is 0.941. The molecule has 0 bridgehead atoms. The topological polar surface area (TPSA) is 42.7 Å². The molecule has 0 radical (unpaired) electrons. The van der Waals surface area contributed by atoms with Gasteiger partial charge in [-0.3, -0.25) is 4.98 Å². The first-order chi connectivity index (χ1) is 8.26. The third kappa shape index (κ3) is 2.56. The molecule has 0 fully saturated rings. The van der Waals surface area contributed by atoms with Gasteiger partial charge in [-0.2, -0.15) is 0 Å². The van der Waals surface area contributed by atoms with E-state index in [-0.39, 0.29) is 6.04 Å². The van der Waals surface area contributed by atoms with Crippen LogP contribution in [0.5, 0.6) is 0 Å². The summed E-state index contributed by atoms with van der Waals surface area (Å²) < 4.78 is 3.10. The van der Waals surface area contributed by atoms with E-state index in [1.807, 2.05) is 25.6 Å². The van der Waals surface area contributed by atoms with Crippen molar-refractivity contribution in [3.05, 3.63) is 46.7 Å². The molecule has 4 nitrogen and oxygen atoms in total. The van der Waals surface area contributed by atoms with Gasteiger partial charge < -0.3 is 9.88 Å². The van der Waals surface area contributed by atoms with Crippen molar-refractivity contribution in [3.63, 3.8) is 0 Å². The predicted octanol–water partition coefficient (Wildman–Crippen LogP) is 2.37. The molecule has 0 saturated carbocycles. The van der Waals surface area contributed by atoms with E-state index in [0.717, 1.165) is 22.4 Å². The van der Waals surface area contributed by atoms with Gasteiger partial charge in [-0.15, -0.1) is 0 Å². The van der Waals surface area contributed by atoms with Crippen LogP contribution in [-0.4, -0.2) is 21.6 Å².